The van der Waals surface area contributed by atoms with Crippen LogP contribution in [0.15, 0.2) is 18.2 Å². The van der Waals surface area contributed by atoms with Crippen LogP contribution in [0, 0.1) is 0 Å². The third kappa shape index (κ3) is 5.91. The Morgan fingerprint density at radius 3 is 2.62 bits per heavy atom. The van der Waals surface area contributed by atoms with Crippen LogP contribution < -0.4 is 20.7 Å². The van der Waals surface area contributed by atoms with Crippen LogP contribution in [0.1, 0.15) is 56.3 Å². The molecule has 176 valence electrons. The SMILES string of the molecule is CCCNC(=O)C[C@H]1CC[C@@H]2[C@H](COc3ccc(NC(=O)NCCC)cc3C(=O)N2C)O1. The van der Waals surface area contributed by atoms with Gasteiger partial charge >= 0.3 is 6.03 Å². The van der Waals surface area contributed by atoms with E-state index in [1.54, 1.807) is 30.1 Å². The molecule has 0 spiro atoms. The lowest BCUT2D eigenvalue weighted by atomic mass is 9.94. The minimum absolute atomic E-state index is 0.0140. The van der Waals surface area contributed by atoms with Crippen LogP contribution in [0.3, 0.4) is 0 Å². The summed E-state index contributed by atoms with van der Waals surface area (Å²) >= 11 is 0. The number of carbonyl (C=O) groups is 3. The molecule has 1 saturated heterocycles. The predicted octanol–water partition coefficient (Wildman–Crippen LogP) is 2.51. The quantitative estimate of drug-likeness (QED) is 0.596. The van der Waals surface area contributed by atoms with Crippen LogP contribution in [0.5, 0.6) is 5.75 Å². The summed E-state index contributed by atoms with van der Waals surface area (Å²) in [4.78, 5) is 39.0. The molecular formula is C23H34N4O5. The zero-order valence-corrected chi connectivity index (χ0v) is 19.1. The Labute approximate surface area is 189 Å². The van der Waals surface area contributed by atoms with Crippen molar-refractivity contribution in [1.29, 1.82) is 0 Å². The number of rotatable bonds is 7. The molecule has 9 heteroatoms. The molecule has 9 nitrogen and oxygen atoms in total. The molecule has 0 unspecified atom stereocenters. The number of ether oxygens (including phenoxy) is 2. The highest BCUT2D eigenvalue weighted by atomic mass is 16.5. The Morgan fingerprint density at radius 2 is 1.88 bits per heavy atom. The molecule has 3 N–H and O–H groups in total. The van der Waals surface area contributed by atoms with Gasteiger partial charge in [0.2, 0.25) is 5.91 Å². The van der Waals surface area contributed by atoms with Crippen LogP contribution >= 0.6 is 0 Å². The summed E-state index contributed by atoms with van der Waals surface area (Å²) in [6, 6.07) is 4.59. The van der Waals surface area contributed by atoms with E-state index in [4.69, 9.17) is 9.47 Å². The number of benzene rings is 1. The second-order valence-corrected chi connectivity index (χ2v) is 8.31. The Balaban J connectivity index is 1.69. The summed E-state index contributed by atoms with van der Waals surface area (Å²) in [5, 5.41) is 8.39. The van der Waals surface area contributed by atoms with Crippen molar-refractivity contribution in [2.45, 2.75) is 64.2 Å². The maximum absolute atomic E-state index is 13.2. The Kier molecular flexibility index (Phi) is 8.33. The first-order valence-corrected chi connectivity index (χ1v) is 11.4. The number of anilines is 1. The van der Waals surface area contributed by atoms with E-state index in [0.717, 1.165) is 19.3 Å². The lowest BCUT2D eigenvalue weighted by Gasteiger charge is -2.42. The number of likely N-dealkylation sites (N-methyl/N-ethyl adjacent to an activating group) is 1. The second-order valence-electron chi connectivity index (χ2n) is 8.31. The van der Waals surface area contributed by atoms with Gasteiger partial charge in [-0.25, -0.2) is 4.79 Å². The summed E-state index contributed by atoms with van der Waals surface area (Å²) < 4.78 is 12.1. The Hall–Kier alpha value is -2.81. The highest BCUT2D eigenvalue weighted by Gasteiger charge is 2.39. The van der Waals surface area contributed by atoms with E-state index in [0.29, 0.717) is 42.9 Å². The fourth-order valence-electron chi connectivity index (χ4n) is 4.06. The zero-order valence-electron chi connectivity index (χ0n) is 19.1. The number of carbonyl (C=O) groups excluding carboxylic acids is 3. The smallest absolute Gasteiger partial charge is 0.319 e. The first-order valence-electron chi connectivity index (χ1n) is 11.4. The molecule has 0 radical (unpaired) electrons. The monoisotopic (exact) mass is 446 g/mol. The van der Waals surface area contributed by atoms with Crippen LogP contribution in [0.2, 0.25) is 0 Å². The van der Waals surface area contributed by atoms with Crippen molar-refractivity contribution >= 4 is 23.5 Å². The first-order chi connectivity index (χ1) is 15.4. The molecule has 1 aromatic rings. The summed E-state index contributed by atoms with van der Waals surface area (Å²) in [6.45, 7) is 5.51. The molecule has 3 rings (SSSR count). The third-order valence-electron chi connectivity index (χ3n) is 5.79. The van der Waals surface area contributed by atoms with Gasteiger partial charge in [0.25, 0.3) is 5.91 Å². The lowest BCUT2D eigenvalue weighted by Crippen LogP contribution is -2.54. The van der Waals surface area contributed by atoms with Crippen molar-refractivity contribution in [3.05, 3.63) is 23.8 Å². The van der Waals surface area contributed by atoms with Crippen molar-refractivity contribution in [1.82, 2.24) is 15.5 Å². The van der Waals surface area contributed by atoms with Crippen LogP contribution in [-0.4, -0.2) is 67.7 Å². The standard InChI is InChI=1S/C23H34N4O5/c1-4-10-24-21(28)13-16-7-8-18-20(32-16)14-31-19-9-6-15(26-23(30)25-11-5-2)12-17(19)22(29)27(18)3/h6,9,12,16,18,20H,4-5,7-8,10-11,13-14H2,1-3H3,(H,24,28)(H2,25,26,30)/t16-,18-,20+/m1/s1. The average molecular weight is 447 g/mol. The predicted molar refractivity (Wildman–Crippen MR) is 121 cm³/mol. The molecule has 0 bridgehead atoms. The van der Waals surface area contributed by atoms with E-state index in [-0.39, 0.29) is 42.7 Å². The number of hydrogen-bond donors (Lipinski definition) is 3. The minimum Gasteiger partial charge on any atom is -0.490 e. The topological polar surface area (TPSA) is 109 Å². The van der Waals surface area contributed by atoms with Crippen molar-refractivity contribution in [3.8, 4) is 5.75 Å². The maximum Gasteiger partial charge on any atom is 0.319 e. The summed E-state index contributed by atoms with van der Waals surface area (Å²) in [5.74, 6) is 0.251. The number of urea groups is 1. The van der Waals surface area contributed by atoms with E-state index in [1.807, 2.05) is 13.8 Å². The highest BCUT2D eigenvalue weighted by molar-refractivity contribution is 5.99. The van der Waals surface area contributed by atoms with E-state index in [1.165, 1.54) is 0 Å². The van der Waals surface area contributed by atoms with Crippen molar-refractivity contribution in [3.63, 3.8) is 0 Å². The van der Waals surface area contributed by atoms with Gasteiger partial charge in [-0.15, -0.1) is 0 Å². The molecule has 0 saturated carbocycles. The molecule has 4 amide bonds. The molecule has 0 aliphatic carbocycles. The largest absolute Gasteiger partial charge is 0.490 e. The fourth-order valence-corrected chi connectivity index (χ4v) is 4.06. The van der Waals surface area contributed by atoms with E-state index >= 15 is 0 Å². The van der Waals surface area contributed by atoms with E-state index < -0.39 is 0 Å². The molecular weight excluding hydrogens is 412 g/mol. The van der Waals surface area contributed by atoms with Gasteiger partial charge in [0, 0.05) is 25.8 Å². The zero-order chi connectivity index (χ0) is 23.1. The van der Waals surface area contributed by atoms with Gasteiger partial charge in [-0.1, -0.05) is 13.8 Å². The molecule has 0 aromatic heterocycles. The lowest BCUT2D eigenvalue weighted by molar-refractivity contribution is -0.134. The van der Waals surface area contributed by atoms with Gasteiger partial charge in [-0.2, -0.15) is 0 Å². The number of nitrogens with one attached hydrogen (secondary N) is 3. The molecule has 1 aromatic carbocycles. The van der Waals surface area contributed by atoms with Gasteiger partial charge in [-0.05, 0) is 43.9 Å². The number of hydrogen-bond acceptors (Lipinski definition) is 5. The van der Waals surface area contributed by atoms with Crippen LogP contribution in [-0.2, 0) is 9.53 Å². The Morgan fingerprint density at radius 1 is 1.12 bits per heavy atom. The average Bonchev–Trinajstić information content (AvgIpc) is 2.79. The molecule has 1 fully saturated rings. The van der Waals surface area contributed by atoms with Crippen molar-refractivity contribution < 1.29 is 23.9 Å². The molecule has 2 aliphatic heterocycles. The normalized spacial score (nSPS) is 22.5. The van der Waals surface area contributed by atoms with Gasteiger partial charge < -0.3 is 30.3 Å². The van der Waals surface area contributed by atoms with Crippen molar-refractivity contribution in [2.75, 3.05) is 32.1 Å². The summed E-state index contributed by atoms with van der Waals surface area (Å²) in [5.41, 5.74) is 0.929. The first kappa shape index (κ1) is 23.8. The van der Waals surface area contributed by atoms with Gasteiger partial charge in [0.1, 0.15) is 18.5 Å². The summed E-state index contributed by atoms with van der Waals surface area (Å²) in [6.07, 6.45) is 2.97. The third-order valence-corrected chi connectivity index (χ3v) is 5.79. The fraction of sp³-hybridized carbons (Fsp3) is 0.609. The molecule has 2 heterocycles. The number of amides is 4. The highest BCUT2D eigenvalue weighted by Crippen LogP contribution is 2.32. The number of nitrogens with zero attached hydrogens (tertiary/aromatic N) is 1. The van der Waals surface area contributed by atoms with Gasteiger partial charge in [-0.3, -0.25) is 9.59 Å². The van der Waals surface area contributed by atoms with Gasteiger partial charge in [0.15, 0.2) is 0 Å². The van der Waals surface area contributed by atoms with Crippen molar-refractivity contribution in [2.24, 2.45) is 0 Å². The Bertz CT molecular complexity index is 831. The minimum atomic E-state index is -0.313. The molecule has 2 aliphatic rings. The summed E-state index contributed by atoms with van der Waals surface area (Å²) in [7, 11) is 1.76. The maximum atomic E-state index is 13.2. The second kappa shape index (κ2) is 11.2. The molecule has 32 heavy (non-hydrogen) atoms. The van der Waals surface area contributed by atoms with Crippen LogP contribution in [0.4, 0.5) is 10.5 Å². The molecule has 3 atom stereocenters. The van der Waals surface area contributed by atoms with E-state index in [9.17, 15) is 14.4 Å². The van der Waals surface area contributed by atoms with E-state index in [2.05, 4.69) is 16.0 Å². The van der Waals surface area contributed by atoms with Gasteiger partial charge in [0.05, 0.1) is 24.1 Å². The number of fused-ring (bicyclic) bond motifs is 2. The van der Waals surface area contributed by atoms with Crippen LogP contribution in [0.25, 0.3) is 0 Å².